The molecule has 1 aliphatic rings. The number of hydrogen-bond acceptors (Lipinski definition) is 3. The van der Waals surface area contributed by atoms with Crippen molar-refractivity contribution in [2.24, 2.45) is 5.73 Å². The van der Waals surface area contributed by atoms with Gasteiger partial charge in [0.1, 0.15) is 0 Å². The summed E-state index contributed by atoms with van der Waals surface area (Å²) in [6.07, 6.45) is 7.43. The molecule has 0 bridgehead atoms. The van der Waals surface area contributed by atoms with Crippen LogP contribution in [0.2, 0.25) is 0 Å². The number of rotatable bonds is 8. The van der Waals surface area contributed by atoms with Crippen LogP contribution in [-0.2, 0) is 4.74 Å². The topological polar surface area (TPSA) is 47.3 Å². The van der Waals surface area contributed by atoms with E-state index in [-0.39, 0.29) is 5.60 Å². The summed E-state index contributed by atoms with van der Waals surface area (Å²) in [7, 11) is 0. The van der Waals surface area contributed by atoms with Crippen LogP contribution >= 0.6 is 0 Å². The van der Waals surface area contributed by atoms with Gasteiger partial charge in [-0.1, -0.05) is 26.2 Å². The minimum Gasteiger partial charge on any atom is -0.374 e. The Morgan fingerprint density at radius 2 is 2.25 bits per heavy atom. The molecule has 96 valence electrons. The number of unbranched alkanes of at least 4 members (excludes halogenated alkanes) is 2. The lowest BCUT2D eigenvalue weighted by molar-refractivity contribution is 0.0187. The van der Waals surface area contributed by atoms with Crippen molar-refractivity contribution in [3.8, 4) is 0 Å². The lowest BCUT2D eigenvalue weighted by Gasteiger charge is -2.27. The van der Waals surface area contributed by atoms with E-state index in [1.54, 1.807) is 0 Å². The van der Waals surface area contributed by atoms with Crippen LogP contribution in [0.15, 0.2) is 0 Å². The molecule has 3 N–H and O–H groups in total. The summed E-state index contributed by atoms with van der Waals surface area (Å²) in [5.41, 5.74) is 5.83. The van der Waals surface area contributed by atoms with Crippen molar-refractivity contribution < 1.29 is 4.74 Å². The highest BCUT2D eigenvalue weighted by Gasteiger charge is 2.29. The Morgan fingerprint density at radius 3 is 2.81 bits per heavy atom. The molecule has 0 saturated carbocycles. The summed E-state index contributed by atoms with van der Waals surface area (Å²) in [6, 6.07) is 0.465. The van der Waals surface area contributed by atoms with E-state index in [0.717, 1.165) is 19.7 Å². The molecule has 1 rings (SSSR count). The van der Waals surface area contributed by atoms with Crippen molar-refractivity contribution in [2.75, 3.05) is 19.7 Å². The summed E-state index contributed by atoms with van der Waals surface area (Å²) in [6.45, 7) is 7.03. The summed E-state index contributed by atoms with van der Waals surface area (Å²) >= 11 is 0. The van der Waals surface area contributed by atoms with Gasteiger partial charge in [-0.2, -0.15) is 0 Å². The second kappa shape index (κ2) is 7.25. The molecule has 3 heteroatoms. The summed E-state index contributed by atoms with van der Waals surface area (Å²) in [4.78, 5) is 0. The molecule has 2 atom stereocenters. The molecule has 0 aliphatic carbocycles. The Bertz CT molecular complexity index is 179. The van der Waals surface area contributed by atoms with Gasteiger partial charge in [0, 0.05) is 25.7 Å². The largest absolute Gasteiger partial charge is 0.374 e. The van der Waals surface area contributed by atoms with Gasteiger partial charge in [0.05, 0.1) is 5.60 Å². The van der Waals surface area contributed by atoms with E-state index in [2.05, 4.69) is 19.2 Å². The summed E-state index contributed by atoms with van der Waals surface area (Å²) in [5.74, 6) is 0. The molecule has 0 amide bonds. The van der Waals surface area contributed by atoms with Gasteiger partial charge in [0.25, 0.3) is 0 Å². The first-order valence-corrected chi connectivity index (χ1v) is 6.77. The van der Waals surface area contributed by atoms with E-state index in [1.807, 2.05) is 0 Å². The monoisotopic (exact) mass is 228 g/mol. The molecule has 16 heavy (non-hydrogen) atoms. The van der Waals surface area contributed by atoms with Crippen molar-refractivity contribution >= 4 is 0 Å². The maximum absolute atomic E-state index is 5.78. The van der Waals surface area contributed by atoms with Crippen molar-refractivity contribution in [1.82, 2.24) is 5.32 Å². The van der Waals surface area contributed by atoms with Crippen molar-refractivity contribution in [1.29, 1.82) is 0 Å². The highest BCUT2D eigenvalue weighted by atomic mass is 16.5. The Labute approximate surface area is 100 Å². The van der Waals surface area contributed by atoms with Gasteiger partial charge in [-0.3, -0.25) is 0 Å². The van der Waals surface area contributed by atoms with Crippen LogP contribution in [0.1, 0.15) is 52.4 Å². The molecule has 0 aromatic heterocycles. The van der Waals surface area contributed by atoms with Gasteiger partial charge < -0.3 is 15.8 Å². The van der Waals surface area contributed by atoms with E-state index in [0.29, 0.717) is 6.04 Å². The second-order valence-corrected chi connectivity index (χ2v) is 5.21. The smallest absolute Gasteiger partial charge is 0.0779 e. The van der Waals surface area contributed by atoms with Gasteiger partial charge in [-0.15, -0.1) is 0 Å². The lowest BCUT2D eigenvalue weighted by atomic mass is 10.0. The van der Waals surface area contributed by atoms with Crippen LogP contribution < -0.4 is 11.1 Å². The quantitative estimate of drug-likeness (QED) is 0.625. The predicted octanol–water partition coefficient (Wildman–Crippen LogP) is 2.05. The van der Waals surface area contributed by atoms with Crippen molar-refractivity contribution in [2.45, 2.75) is 64.0 Å². The normalized spacial score (nSPS) is 27.2. The molecule has 0 spiro atoms. The second-order valence-electron chi connectivity index (χ2n) is 5.21. The van der Waals surface area contributed by atoms with E-state index >= 15 is 0 Å². The zero-order valence-electron chi connectivity index (χ0n) is 10.9. The van der Waals surface area contributed by atoms with Gasteiger partial charge in [0.15, 0.2) is 0 Å². The van der Waals surface area contributed by atoms with Crippen LogP contribution in [-0.4, -0.2) is 31.3 Å². The average Bonchev–Trinajstić information content (AvgIpc) is 2.71. The fraction of sp³-hybridized carbons (Fsp3) is 1.00. The first kappa shape index (κ1) is 13.9. The number of hydrogen-bond donors (Lipinski definition) is 2. The number of ether oxygens (including phenoxy) is 1. The number of nitrogens with two attached hydrogens (primary N) is 1. The molecule has 0 aromatic carbocycles. The lowest BCUT2D eigenvalue weighted by Crippen LogP contribution is -2.45. The van der Waals surface area contributed by atoms with Gasteiger partial charge in [-0.05, 0) is 26.2 Å². The van der Waals surface area contributed by atoms with Crippen LogP contribution in [0, 0.1) is 0 Å². The minimum absolute atomic E-state index is 0.0537. The van der Waals surface area contributed by atoms with Gasteiger partial charge in [-0.25, -0.2) is 0 Å². The van der Waals surface area contributed by atoms with E-state index in [1.165, 1.54) is 38.5 Å². The van der Waals surface area contributed by atoms with Gasteiger partial charge >= 0.3 is 0 Å². The van der Waals surface area contributed by atoms with E-state index in [4.69, 9.17) is 10.5 Å². The third kappa shape index (κ3) is 4.81. The highest BCUT2D eigenvalue weighted by molar-refractivity contribution is 4.84. The van der Waals surface area contributed by atoms with Crippen molar-refractivity contribution in [3.63, 3.8) is 0 Å². The van der Waals surface area contributed by atoms with E-state index < -0.39 is 0 Å². The first-order valence-electron chi connectivity index (χ1n) is 6.77. The molecule has 1 heterocycles. The Morgan fingerprint density at radius 1 is 1.44 bits per heavy atom. The molecule has 3 nitrogen and oxygen atoms in total. The standard InChI is InChI=1S/C13H28N2O/c1-3-4-5-7-12(10-14)15-11-13(2)8-6-9-16-13/h12,15H,3-11,14H2,1-2H3. The predicted molar refractivity (Wildman–Crippen MR) is 68.6 cm³/mol. The molecule has 0 aromatic rings. The molecule has 2 unspecified atom stereocenters. The fourth-order valence-electron chi connectivity index (χ4n) is 2.28. The van der Waals surface area contributed by atoms with Crippen LogP contribution in [0.25, 0.3) is 0 Å². The van der Waals surface area contributed by atoms with Crippen LogP contribution in [0.4, 0.5) is 0 Å². The zero-order valence-corrected chi connectivity index (χ0v) is 10.9. The molecule has 1 aliphatic heterocycles. The third-order valence-corrected chi connectivity index (χ3v) is 3.51. The van der Waals surface area contributed by atoms with Crippen LogP contribution in [0.5, 0.6) is 0 Å². The molecule has 1 fully saturated rings. The fourth-order valence-corrected chi connectivity index (χ4v) is 2.28. The SMILES string of the molecule is CCCCCC(CN)NCC1(C)CCCO1. The van der Waals surface area contributed by atoms with E-state index in [9.17, 15) is 0 Å². The minimum atomic E-state index is 0.0537. The molecule has 1 saturated heterocycles. The Hall–Kier alpha value is -0.120. The Balaban J connectivity index is 2.17. The first-order chi connectivity index (χ1) is 7.70. The maximum atomic E-state index is 5.78. The summed E-state index contributed by atoms with van der Waals surface area (Å²) in [5, 5.41) is 3.56. The summed E-state index contributed by atoms with van der Waals surface area (Å²) < 4.78 is 5.76. The number of nitrogens with one attached hydrogen (secondary N) is 1. The average molecular weight is 228 g/mol. The van der Waals surface area contributed by atoms with Gasteiger partial charge in [0.2, 0.25) is 0 Å². The van der Waals surface area contributed by atoms with Crippen LogP contribution in [0.3, 0.4) is 0 Å². The third-order valence-electron chi connectivity index (χ3n) is 3.51. The Kier molecular flexibility index (Phi) is 6.32. The zero-order chi connectivity index (χ0) is 11.9. The molecular formula is C13H28N2O. The van der Waals surface area contributed by atoms with Crippen molar-refractivity contribution in [3.05, 3.63) is 0 Å². The highest BCUT2D eigenvalue weighted by Crippen LogP contribution is 2.24. The molecular weight excluding hydrogens is 200 g/mol. The molecule has 0 radical (unpaired) electrons. The maximum Gasteiger partial charge on any atom is 0.0779 e.